The van der Waals surface area contributed by atoms with Crippen molar-refractivity contribution in [2.24, 2.45) is 5.92 Å². The Morgan fingerprint density at radius 1 is 1.45 bits per heavy atom. The zero-order valence-electron chi connectivity index (χ0n) is 12.7. The Morgan fingerprint density at radius 2 is 2.20 bits per heavy atom. The standard InChI is InChI=1S/C16H25NO2S/c1-15(2,3)14-17-12(10-20-14)13(18)11-5-8-19-16(9-11)6-4-7-16/h10-11,13,18H,4-9H2,1-3H3. The molecule has 2 heterocycles. The second-order valence-corrected chi connectivity index (χ2v) is 8.27. The van der Waals surface area contributed by atoms with E-state index in [0.29, 0.717) is 5.92 Å². The van der Waals surface area contributed by atoms with Gasteiger partial charge in [-0.05, 0) is 38.0 Å². The van der Waals surface area contributed by atoms with Crippen molar-refractivity contribution in [3.8, 4) is 0 Å². The lowest BCUT2D eigenvalue weighted by atomic mass is 9.70. The zero-order chi connectivity index (χ0) is 14.4. The predicted octanol–water partition coefficient (Wildman–Crippen LogP) is 3.82. The minimum atomic E-state index is -0.427. The fourth-order valence-corrected chi connectivity index (χ4v) is 4.20. The lowest BCUT2D eigenvalue weighted by Gasteiger charge is -2.48. The molecule has 1 aliphatic heterocycles. The summed E-state index contributed by atoms with van der Waals surface area (Å²) >= 11 is 1.67. The fraction of sp³-hybridized carbons (Fsp3) is 0.812. The first-order chi connectivity index (χ1) is 9.40. The number of hydrogen-bond donors (Lipinski definition) is 1. The van der Waals surface area contributed by atoms with Gasteiger partial charge in [-0.1, -0.05) is 20.8 Å². The summed E-state index contributed by atoms with van der Waals surface area (Å²) in [6, 6.07) is 0. The molecule has 2 aliphatic rings. The molecule has 1 aromatic heterocycles. The first kappa shape index (κ1) is 14.5. The van der Waals surface area contributed by atoms with E-state index in [1.807, 2.05) is 5.38 Å². The number of aromatic nitrogens is 1. The number of ether oxygens (including phenoxy) is 1. The Balaban J connectivity index is 1.72. The molecule has 20 heavy (non-hydrogen) atoms. The van der Waals surface area contributed by atoms with Crippen LogP contribution in [0.4, 0.5) is 0 Å². The maximum Gasteiger partial charge on any atom is 0.0998 e. The van der Waals surface area contributed by atoms with E-state index in [1.165, 1.54) is 19.3 Å². The van der Waals surface area contributed by atoms with Gasteiger partial charge in [-0.2, -0.15) is 0 Å². The SMILES string of the molecule is CC(C)(C)c1nc(C(O)C2CCOC3(CCC3)C2)cs1. The van der Waals surface area contributed by atoms with E-state index in [2.05, 4.69) is 25.8 Å². The third kappa shape index (κ3) is 2.66. The van der Waals surface area contributed by atoms with Gasteiger partial charge in [-0.15, -0.1) is 11.3 Å². The van der Waals surface area contributed by atoms with E-state index in [9.17, 15) is 5.11 Å². The van der Waals surface area contributed by atoms with Gasteiger partial charge in [0.05, 0.1) is 22.4 Å². The molecule has 1 aromatic rings. The van der Waals surface area contributed by atoms with E-state index >= 15 is 0 Å². The fourth-order valence-electron chi connectivity index (χ4n) is 3.26. The van der Waals surface area contributed by atoms with E-state index in [0.717, 1.165) is 30.2 Å². The molecule has 1 aliphatic carbocycles. The molecule has 0 aromatic carbocycles. The van der Waals surface area contributed by atoms with Crippen LogP contribution in [0.1, 0.15) is 69.7 Å². The summed E-state index contributed by atoms with van der Waals surface area (Å²) in [5, 5.41) is 13.8. The number of rotatable bonds is 2. The monoisotopic (exact) mass is 295 g/mol. The quantitative estimate of drug-likeness (QED) is 0.902. The minimum absolute atomic E-state index is 0.0630. The molecule has 4 heteroatoms. The van der Waals surface area contributed by atoms with Crippen LogP contribution in [0.5, 0.6) is 0 Å². The highest BCUT2D eigenvalue weighted by atomic mass is 32.1. The Labute approximate surface area is 125 Å². The van der Waals surface area contributed by atoms with Crippen molar-refractivity contribution in [1.82, 2.24) is 4.98 Å². The van der Waals surface area contributed by atoms with Crippen molar-refractivity contribution >= 4 is 11.3 Å². The topological polar surface area (TPSA) is 42.4 Å². The molecule has 0 bridgehead atoms. The summed E-state index contributed by atoms with van der Waals surface area (Å²) in [7, 11) is 0. The summed E-state index contributed by atoms with van der Waals surface area (Å²) in [4.78, 5) is 4.68. The third-order valence-corrected chi connectivity index (χ3v) is 6.00. The predicted molar refractivity (Wildman–Crippen MR) is 81.0 cm³/mol. The maximum absolute atomic E-state index is 10.7. The van der Waals surface area contributed by atoms with Gasteiger partial charge < -0.3 is 9.84 Å². The normalized spacial score (nSPS) is 27.3. The van der Waals surface area contributed by atoms with Gasteiger partial charge in [-0.3, -0.25) is 0 Å². The molecule has 2 unspecified atom stereocenters. The molecule has 0 amide bonds. The summed E-state index contributed by atoms with van der Waals surface area (Å²) in [6.45, 7) is 7.29. The molecule has 0 radical (unpaired) electrons. The van der Waals surface area contributed by atoms with Crippen LogP contribution in [0.15, 0.2) is 5.38 Å². The van der Waals surface area contributed by atoms with Crippen molar-refractivity contribution in [3.05, 3.63) is 16.1 Å². The largest absolute Gasteiger partial charge is 0.386 e. The summed E-state index contributed by atoms with van der Waals surface area (Å²) in [5.41, 5.74) is 1.02. The van der Waals surface area contributed by atoms with Crippen molar-refractivity contribution in [2.45, 2.75) is 70.0 Å². The van der Waals surface area contributed by atoms with Gasteiger partial charge in [0.25, 0.3) is 0 Å². The van der Waals surface area contributed by atoms with Gasteiger partial charge in [0.1, 0.15) is 0 Å². The van der Waals surface area contributed by atoms with Gasteiger partial charge >= 0.3 is 0 Å². The molecule has 112 valence electrons. The van der Waals surface area contributed by atoms with Crippen LogP contribution < -0.4 is 0 Å². The number of aliphatic hydroxyl groups excluding tert-OH is 1. The van der Waals surface area contributed by atoms with Crippen LogP contribution in [0.3, 0.4) is 0 Å². The summed E-state index contributed by atoms with van der Waals surface area (Å²) in [6.07, 6.45) is 5.13. The molecule has 1 N–H and O–H groups in total. The van der Waals surface area contributed by atoms with Gasteiger partial charge in [0.2, 0.25) is 0 Å². The van der Waals surface area contributed by atoms with Crippen molar-refractivity contribution < 1.29 is 9.84 Å². The average Bonchev–Trinajstić information content (AvgIpc) is 2.85. The van der Waals surface area contributed by atoms with Crippen molar-refractivity contribution in [1.29, 1.82) is 0 Å². The molecule has 2 fully saturated rings. The summed E-state index contributed by atoms with van der Waals surface area (Å²) in [5.74, 6) is 0.305. The molecule has 1 saturated carbocycles. The van der Waals surface area contributed by atoms with Crippen LogP contribution in [0.2, 0.25) is 0 Å². The number of hydrogen-bond acceptors (Lipinski definition) is 4. The Kier molecular flexibility index (Phi) is 3.68. The van der Waals surface area contributed by atoms with Crippen LogP contribution in [-0.2, 0) is 10.2 Å². The second kappa shape index (κ2) is 5.08. The first-order valence-electron chi connectivity index (χ1n) is 7.68. The molecular formula is C16H25NO2S. The van der Waals surface area contributed by atoms with Crippen LogP contribution >= 0.6 is 11.3 Å². The van der Waals surface area contributed by atoms with E-state index in [-0.39, 0.29) is 11.0 Å². The molecule has 3 rings (SSSR count). The zero-order valence-corrected chi connectivity index (χ0v) is 13.5. The smallest absolute Gasteiger partial charge is 0.0998 e. The highest BCUT2D eigenvalue weighted by Crippen LogP contribution is 2.47. The van der Waals surface area contributed by atoms with Crippen LogP contribution in [0, 0.1) is 5.92 Å². The first-order valence-corrected chi connectivity index (χ1v) is 8.56. The molecule has 1 saturated heterocycles. The molecule has 2 atom stereocenters. The van der Waals surface area contributed by atoms with Crippen molar-refractivity contribution in [2.75, 3.05) is 6.61 Å². The maximum atomic E-state index is 10.7. The van der Waals surface area contributed by atoms with E-state index < -0.39 is 6.10 Å². The highest BCUT2D eigenvalue weighted by Gasteiger charge is 2.44. The van der Waals surface area contributed by atoms with Crippen LogP contribution in [0.25, 0.3) is 0 Å². The van der Waals surface area contributed by atoms with Gasteiger partial charge in [0.15, 0.2) is 0 Å². The number of thiazole rings is 1. The lowest BCUT2D eigenvalue weighted by molar-refractivity contribution is -0.157. The lowest BCUT2D eigenvalue weighted by Crippen LogP contribution is -2.46. The Morgan fingerprint density at radius 3 is 2.75 bits per heavy atom. The molecule has 1 spiro atoms. The van der Waals surface area contributed by atoms with E-state index in [4.69, 9.17) is 4.74 Å². The van der Waals surface area contributed by atoms with E-state index in [1.54, 1.807) is 11.3 Å². The highest BCUT2D eigenvalue weighted by molar-refractivity contribution is 7.09. The Bertz CT molecular complexity index is 473. The molecular weight excluding hydrogens is 270 g/mol. The third-order valence-electron chi connectivity index (χ3n) is 4.71. The Hall–Kier alpha value is -0.450. The number of aliphatic hydroxyl groups is 1. The second-order valence-electron chi connectivity index (χ2n) is 7.41. The molecule has 3 nitrogen and oxygen atoms in total. The van der Waals surface area contributed by atoms with Crippen molar-refractivity contribution in [3.63, 3.8) is 0 Å². The minimum Gasteiger partial charge on any atom is -0.386 e. The summed E-state index contributed by atoms with van der Waals surface area (Å²) < 4.78 is 5.95. The van der Waals surface area contributed by atoms with Crippen LogP contribution in [-0.4, -0.2) is 22.3 Å². The average molecular weight is 295 g/mol. The number of nitrogens with zero attached hydrogens (tertiary/aromatic N) is 1. The van der Waals surface area contributed by atoms with Gasteiger partial charge in [-0.25, -0.2) is 4.98 Å². The van der Waals surface area contributed by atoms with Gasteiger partial charge in [0, 0.05) is 17.4 Å².